The first-order chi connectivity index (χ1) is 26.2. The van der Waals surface area contributed by atoms with Crippen LogP contribution in [0.25, 0.3) is 94.4 Å². The van der Waals surface area contributed by atoms with Crippen molar-refractivity contribution >= 4 is 32.6 Å². The van der Waals surface area contributed by atoms with E-state index >= 15 is 0 Å². The van der Waals surface area contributed by atoms with Gasteiger partial charge < -0.3 is 4.57 Å². The van der Waals surface area contributed by atoms with Crippen molar-refractivity contribution in [3.8, 4) is 61.8 Å². The number of fused-ring (bicyclic) bond motifs is 4. The number of benzene rings is 8. The van der Waals surface area contributed by atoms with Crippen molar-refractivity contribution in [2.75, 3.05) is 0 Å². The van der Waals surface area contributed by atoms with Crippen LogP contribution >= 0.6 is 0 Å². The summed E-state index contributed by atoms with van der Waals surface area (Å²) in [5.41, 5.74) is 13.2. The van der Waals surface area contributed by atoms with Gasteiger partial charge in [-0.1, -0.05) is 152 Å². The molecule has 0 fully saturated rings. The summed E-state index contributed by atoms with van der Waals surface area (Å²) in [5.74, 6) is 0.718. The molecule has 0 bridgehead atoms. The summed E-state index contributed by atoms with van der Waals surface area (Å²) in [4.78, 5) is 10.0. The molecule has 2 aromatic heterocycles. The molecule has 0 amide bonds. The van der Waals surface area contributed by atoms with Gasteiger partial charge in [0.05, 0.1) is 22.4 Å². The maximum atomic E-state index is 5.06. The third-order valence-corrected chi connectivity index (χ3v) is 10.2. The third-order valence-electron chi connectivity index (χ3n) is 10.2. The first-order valence-corrected chi connectivity index (χ1v) is 18.0. The van der Waals surface area contributed by atoms with Gasteiger partial charge >= 0.3 is 0 Å². The Labute approximate surface area is 308 Å². The zero-order valence-corrected chi connectivity index (χ0v) is 28.9. The normalized spacial score (nSPS) is 11.4. The zero-order chi connectivity index (χ0) is 35.1. The quantitative estimate of drug-likeness (QED) is 0.176. The van der Waals surface area contributed by atoms with E-state index in [9.17, 15) is 0 Å². The fraction of sp³-hybridized carbons (Fsp3) is 0. The number of rotatable bonds is 6. The standard InChI is InChI=1S/C50H33N3/c1-3-12-35(13-4-1)46-33-47(52-50(51-46)36-14-5-2-6-15-36)42-17-11-16-37(32-42)39-24-25-40-30-38(22-23-41(40)31-39)34-26-28-43(29-27-34)53-48-20-9-7-18-44(48)45-19-8-10-21-49(45)53/h1-33H. The highest BCUT2D eigenvalue weighted by molar-refractivity contribution is 6.09. The van der Waals surface area contributed by atoms with Gasteiger partial charge in [0.2, 0.25) is 0 Å². The van der Waals surface area contributed by atoms with E-state index in [0.29, 0.717) is 0 Å². The smallest absolute Gasteiger partial charge is 0.160 e. The molecule has 0 saturated carbocycles. The van der Waals surface area contributed by atoms with Gasteiger partial charge in [-0.25, -0.2) is 9.97 Å². The number of hydrogen-bond donors (Lipinski definition) is 0. The predicted molar refractivity (Wildman–Crippen MR) is 221 cm³/mol. The Bertz CT molecular complexity index is 2810. The van der Waals surface area contributed by atoms with Crippen LogP contribution in [0.5, 0.6) is 0 Å². The molecule has 10 rings (SSSR count). The van der Waals surface area contributed by atoms with Gasteiger partial charge in [-0.05, 0) is 81.6 Å². The van der Waals surface area contributed by atoms with Crippen LogP contribution in [0.4, 0.5) is 0 Å². The second-order valence-corrected chi connectivity index (χ2v) is 13.5. The van der Waals surface area contributed by atoms with E-state index in [2.05, 4.69) is 168 Å². The topological polar surface area (TPSA) is 30.7 Å². The third kappa shape index (κ3) is 5.65. The highest BCUT2D eigenvalue weighted by atomic mass is 15.0. The van der Waals surface area contributed by atoms with Crippen LogP contribution in [0.2, 0.25) is 0 Å². The van der Waals surface area contributed by atoms with Crippen molar-refractivity contribution in [3.63, 3.8) is 0 Å². The Kier molecular flexibility index (Phi) is 7.47. The van der Waals surface area contributed by atoms with Crippen LogP contribution in [0.1, 0.15) is 0 Å². The van der Waals surface area contributed by atoms with Crippen molar-refractivity contribution in [1.82, 2.24) is 14.5 Å². The molecule has 0 radical (unpaired) electrons. The van der Waals surface area contributed by atoms with E-state index in [4.69, 9.17) is 9.97 Å². The summed E-state index contributed by atoms with van der Waals surface area (Å²) in [5, 5.41) is 4.97. The monoisotopic (exact) mass is 675 g/mol. The summed E-state index contributed by atoms with van der Waals surface area (Å²) in [6, 6.07) is 71.0. The van der Waals surface area contributed by atoms with Crippen molar-refractivity contribution < 1.29 is 0 Å². The molecule has 0 unspecified atom stereocenters. The molecule has 0 spiro atoms. The molecule has 10 aromatic rings. The minimum Gasteiger partial charge on any atom is -0.309 e. The van der Waals surface area contributed by atoms with Crippen LogP contribution in [0.15, 0.2) is 200 Å². The lowest BCUT2D eigenvalue weighted by atomic mass is 9.96. The Hall–Kier alpha value is -7.10. The average Bonchev–Trinajstić information content (AvgIpc) is 3.58. The lowest BCUT2D eigenvalue weighted by Crippen LogP contribution is -1.96. The van der Waals surface area contributed by atoms with Gasteiger partial charge in [0.15, 0.2) is 5.82 Å². The summed E-state index contributed by atoms with van der Waals surface area (Å²) in [6.07, 6.45) is 0. The Morgan fingerprint density at radius 1 is 0.302 bits per heavy atom. The molecule has 0 N–H and O–H groups in total. The van der Waals surface area contributed by atoms with Gasteiger partial charge in [-0.3, -0.25) is 0 Å². The van der Waals surface area contributed by atoms with Gasteiger partial charge in [-0.2, -0.15) is 0 Å². The van der Waals surface area contributed by atoms with E-state index in [1.54, 1.807) is 0 Å². The summed E-state index contributed by atoms with van der Waals surface area (Å²) < 4.78 is 2.36. The molecular formula is C50H33N3. The second kappa shape index (κ2) is 12.9. The Morgan fingerprint density at radius 3 is 1.42 bits per heavy atom. The van der Waals surface area contributed by atoms with Crippen LogP contribution < -0.4 is 0 Å². The van der Waals surface area contributed by atoms with E-state index in [1.165, 1.54) is 49.3 Å². The van der Waals surface area contributed by atoms with Gasteiger partial charge in [-0.15, -0.1) is 0 Å². The SMILES string of the molecule is c1ccc(-c2cc(-c3cccc(-c4ccc5cc(-c6ccc(-n7c8ccccc8c8ccccc87)cc6)ccc5c4)c3)nc(-c3ccccc3)n2)cc1. The fourth-order valence-corrected chi connectivity index (χ4v) is 7.53. The predicted octanol–water partition coefficient (Wildman–Crippen LogP) is 13.1. The molecule has 53 heavy (non-hydrogen) atoms. The average molecular weight is 676 g/mol. The van der Waals surface area contributed by atoms with Crippen LogP contribution in [-0.4, -0.2) is 14.5 Å². The molecule has 0 aliphatic rings. The molecule has 3 nitrogen and oxygen atoms in total. The van der Waals surface area contributed by atoms with Crippen LogP contribution in [0.3, 0.4) is 0 Å². The molecule has 0 aliphatic heterocycles. The summed E-state index contributed by atoms with van der Waals surface area (Å²) in [7, 11) is 0. The van der Waals surface area contributed by atoms with E-state index in [1.807, 2.05) is 36.4 Å². The Balaban J connectivity index is 0.969. The lowest BCUT2D eigenvalue weighted by molar-refractivity contribution is 1.18. The second-order valence-electron chi connectivity index (χ2n) is 13.5. The van der Waals surface area contributed by atoms with Crippen molar-refractivity contribution in [2.45, 2.75) is 0 Å². The fourth-order valence-electron chi connectivity index (χ4n) is 7.53. The van der Waals surface area contributed by atoms with Gasteiger partial charge in [0.25, 0.3) is 0 Å². The lowest BCUT2D eigenvalue weighted by Gasteiger charge is -2.11. The minimum atomic E-state index is 0.718. The number of para-hydroxylation sites is 2. The van der Waals surface area contributed by atoms with Crippen LogP contribution in [0, 0.1) is 0 Å². The van der Waals surface area contributed by atoms with E-state index in [0.717, 1.165) is 45.2 Å². The first-order valence-electron chi connectivity index (χ1n) is 18.0. The molecule has 3 heteroatoms. The summed E-state index contributed by atoms with van der Waals surface area (Å²) in [6.45, 7) is 0. The first kappa shape index (κ1) is 30.7. The highest BCUT2D eigenvalue weighted by Gasteiger charge is 2.13. The van der Waals surface area contributed by atoms with Crippen molar-refractivity contribution in [1.29, 1.82) is 0 Å². The van der Waals surface area contributed by atoms with Crippen molar-refractivity contribution in [2.24, 2.45) is 0 Å². The zero-order valence-electron chi connectivity index (χ0n) is 28.9. The molecule has 248 valence electrons. The number of aromatic nitrogens is 3. The number of nitrogens with zero attached hydrogens (tertiary/aromatic N) is 3. The Morgan fingerprint density at radius 2 is 0.774 bits per heavy atom. The highest BCUT2D eigenvalue weighted by Crippen LogP contribution is 2.35. The largest absolute Gasteiger partial charge is 0.309 e. The molecular weight excluding hydrogens is 643 g/mol. The summed E-state index contributed by atoms with van der Waals surface area (Å²) >= 11 is 0. The molecule has 0 aliphatic carbocycles. The molecule has 2 heterocycles. The molecule has 0 atom stereocenters. The van der Waals surface area contributed by atoms with Gasteiger partial charge in [0, 0.05) is 33.2 Å². The minimum absolute atomic E-state index is 0.718. The van der Waals surface area contributed by atoms with Crippen LogP contribution in [-0.2, 0) is 0 Å². The number of hydrogen-bond acceptors (Lipinski definition) is 2. The molecule has 0 saturated heterocycles. The molecule has 8 aromatic carbocycles. The van der Waals surface area contributed by atoms with Crippen molar-refractivity contribution in [3.05, 3.63) is 200 Å². The maximum Gasteiger partial charge on any atom is 0.160 e. The van der Waals surface area contributed by atoms with E-state index < -0.39 is 0 Å². The van der Waals surface area contributed by atoms with E-state index in [-0.39, 0.29) is 0 Å². The van der Waals surface area contributed by atoms with Gasteiger partial charge in [0.1, 0.15) is 0 Å². The maximum absolute atomic E-state index is 5.06.